The van der Waals surface area contributed by atoms with Crippen LogP contribution in [0.25, 0.3) is 0 Å². The van der Waals surface area contributed by atoms with Crippen molar-refractivity contribution in [2.75, 3.05) is 0 Å². The van der Waals surface area contributed by atoms with Gasteiger partial charge in [0.25, 0.3) is 0 Å². The van der Waals surface area contributed by atoms with Gasteiger partial charge in [-0.15, -0.1) is 0 Å². The average molecular weight is 444 g/mol. The van der Waals surface area contributed by atoms with Crippen molar-refractivity contribution in [2.45, 2.75) is 156 Å². The van der Waals surface area contributed by atoms with Gasteiger partial charge in [0, 0.05) is 0 Å². The molecule has 0 heterocycles. The van der Waals surface area contributed by atoms with Crippen LogP contribution in [0, 0.1) is 12.3 Å². The summed E-state index contributed by atoms with van der Waals surface area (Å²) in [5.74, 6) is 0.825. The number of hydrogen-bond acceptors (Lipinski definition) is 0. The highest BCUT2D eigenvalue weighted by Crippen LogP contribution is 2.22. The minimum atomic E-state index is 0.825. The Balaban J connectivity index is 4.04. The van der Waals surface area contributed by atoms with Crippen molar-refractivity contribution in [1.29, 1.82) is 0 Å². The summed E-state index contributed by atoms with van der Waals surface area (Å²) in [6, 6.07) is 0. The van der Waals surface area contributed by atoms with Gasteiger partial charge in [-0.2, -0.15) is 0 Å². The summed E-state index contributed by atoms with van der Waals surface area (Å²) in [4.78, 5) is 0. The Morgan fingerprint density at radius 2 is 0.719 bits per heavy atom. The lowest BCUT2D eigenvalue weighted by Gasteiger charge is -2.15. The molecule has 0 aliphatic heterocycles. The maximum atomic E-state index is 2.67. The molecule has 0 amide bonds. The second kappa shape index (κ2) is 28.3. The normalized spacial score (nSPS) is 12.4. The van der Waals surface area contributed by atoms with Crippen LogP contribution in [0.15, 0.2) is 36.5 Å². The van der Waals surface area contributed by atoms with Gasteiger partial charge >= 0.3 is 0 Å². The molecule has 0 bridgehead atoms. The Labute approximate surface area is 204 Å². The molecule has 32 heavy (non-hydrogen) atoms. The van der Waals surface area contributed by atoms with Gasteiger partial charge in [-0.05, 0) is 109 Å². The highest BCUT2D eigenvalue weighted by Gasteiger charge is 2.08. The molecule has 0 N–H and O–H groups in total. The summed E-state index contributed by atoms with van der Waals surface area (Å²) in [5.41, 5.74) is 0. The first kappa shape index (κ1) is 31.2. The zero-order valence-electron chi connectivity index (χ0n) is 22.5. The molecule has 0 aromatic carbocycles. The zero-order chi connectivity index (χ0) is 23.4. The van der Waals surface area contributed by atoms with Crippen LogP contribution in [0.2, 0.25) is 0 Å². The predicted octanol–water partition coefficient (Wildman–Crippen LogP) is 11.7. The molecule has 0 aliphatic rings. The van der Waals surface area contributed by atoms with E-state index >= 15 is 0 Å². The smallest absolute Gasteiger partial charge is 0.0351 e. The molecule has 0 aromatic heterocycles. The van der Waals surface area contributed by atoms with Crippen LogP contribution in [-0.4, -0.2) is 0 Å². The molecule has 0 heteroatoms. The highest BCUT2D eigenvalue weighted by molar-refractivity contribution is 4.86. The molecule has 0 unspecified atom stereocenters. The first-order valence-corrected chi connectivity index (χ1v) is 14.6. The first-order chi connectivity index (χ1) is 15.8. The fourth-order valence-electron chi connectivity index (χ4n) is 4.21. The number of rotatable bonds is 25. The van der Waals surface area contributed by atoms with Gasteiger partial charge in [-0.3, -0.25) is 0 Å². The molecule has 187 valence electrons. The Morgan fingerprint density at radius 1 is 0.375 bits per heavy atom. The van der Waals surface area contributed by atoms with Crippen molar-refractivity contribution in [2.24, 2.45) is 5.92 Å². The van der Waals surface area contributed by atoms with Crippen molar-refractivity contribution >= 4 is 0 Å². The minimum Gasteiger partial charge on any atom is -0.0885 e. The lowest BCUT2D eigenvalue weighted by Crippen LogP contribution is -2.02. The van der Waals surface area contributed by atoms with Crippen LogP contribution in [-0.2, 0) is 0 Å². The summed E-state index contributed by atoms with van der Waals surface area (Å²) in [5, 5.41) is 0. The second-order valence-electron chi connectivity index (χ2n) is 9.69. The van der Waals surface area contributed by atoms with Crippen molar-refractivity contribution in [3.8, 4) is 0 Å². The van der Waals surface area contributed by atoms with E-state index < -0.39 is 0 Å². The molecule has 0 atom stereocenters. The van der Waals surface area contributed by atoms with Crippen LogP contribution < -0.4 is 0 Å². The molecule has 0 fully saturated rings. The summed E-state index contributed by atoms with van der Waals surface area (Å²) in [7, 11) is 0. The summed E-state index contributed by atoms with van der Waals surface area (Å²) in [6.45, 7) is 6.85. The molecule has 0 rings (SSSR count). The molecular weight excluding hydrogens is 384 g/mol. The van der Waals surface area contributed by atoms with Crippen molar-refractivity contribution in [3.63, 3.8) is 0 Å². The molecule has 0 aromatic rings. The quantitative estimate of drug-likeness (QED) is 0.0971. The first-order valence-electron chi connectivity index (χ1n) is 14.6. The van der Waals surface area contributed by atoms with E-state index in [1.165, 1.54) is 135 Å². The van der Waals surface area contributed by atoms with Crippen LogP contribution in [0.1, 0.15) is 156 Å². The Hall–Kier alpha value is -0.780. The molecule has 0 spiro atoms. The third-order valence-corrected chi connectivity index (χ3v) is 6.39. The predicted molar refractivity (Wildman–Crippen MR) is 149 cm³/mol. The highest BCUT2D eigenvalue weighted by atomic mass is 14.1. The van der Waals surface area contributed by atoms with E-state index in [0.29, 0.717) is 0 Å². The van der Waals surface area contributed by atoms with Gasteiger partial charge < -0.3 is 0 Å². The standard InChI is InChI=1S/C32H59/c1-4-7-10-13-16-19-22-25-28-31-32(29-26-23-20-17-14-11-8-5-2)30-27-24-21-18-15-12-9-6-3/h16-21,31-32H,4-15,22-30H2,1-3H3/b19-16-,20-17-,21-18-. The van der Waals surface area contributed by atoms with Crippen LogP contribution >= 0.6 is 0 Å². The number of hydrogen-bond donors (Lipinski definition) is 0. The van der Waals surface area contributed by atoms with Gasteiger partial charge in [-0.1, -0.05) is 95.8 Å². The third-order valence-electron chi connectivity index (χ3n) is 6.39. The molecule has 0 saturated heterocycles. The maximum Gasteiger partial charge on any atom is -0.0351 e. The van der Waals surface area contributed by atoms with Gasteiger partial charge in [0.15, 0.2) is 0 Å². The van der Waals surface area contributed by atoms with Gasteiger partial charge in [-0.25, -0.2) is 0 Å². The van der Waals surface area contributed by atoms with E-state index in [-0.39, 0.29) is 0 Å². The Bertz CT molecular complexity index is 388. The van der Waals surface area contributed by atoms with E-state index in [1.807, 2.05) is 0 Å². The van der Waals surface area contributed by atoms with E-state index in [0.717, 1.165) is 5.92 Å². The monoisotopic (exact) mass is 443 g/mol. The van der Waals surface area contributed by atoms with E-state index in [9.17, 15) is 0 Å². The number of unbranched alkanes of at least 4 members (excludes halogenated alkanes) is 13. The summed E-state index contributed by atoms with van der Waals surface area (Å²) < 4.78 is 0. The second-order valence-corrected chi connectivity index (χ2v) is 9.69. The van der Waals surface area contributed by atoms with Gasteiger partial charge in [0.1, 0.15) is 0 Å². The van der Waals surface area contributed by atoms with Gasteiger partial charge in [0.05, 0.1) is 0 Å². The van der Waals surface area contributed by atoms with Crippen LogP contribution in [0.3, 0.4) is 0 Å². The molecule has 0 saturated carbocycles. The largest absolute Gasteiger partial charge is 0.0885 e. The lowest BCUT2D eigenvalue weighted by molar-refractivity contribution is 0.463. The Kier molecular flexibility index (Phi) is 27.6. The molecule has 0 nitrogen and oxygen atoms in total. The van der Waals surface area contributed by atoms with Crippen molar-refractivity contribution < 1.29 is 0 Å². The van der Waals surface area contributed by atoms with E-state index in [2.05, 4.69) is 63.6 Å². The number of allylic oxidation sites excluding steroid dienone is 6. The van der Waals surface area contributed by atoms with Crippen LogP contribution in [0.4, 0.5) is 0 Å². The Morgan fingerprint density at radius 3 is 1.09 bits per heavy atom. The SMILES string of the molecule is CCCCC/C=C\CCC[CH]C(CCC/C=C\CCCCC)CCC/C=C\CCCCC. The average Bonchev–Trinajstić information content (AvgIpc) is 2.80. The maximum absolute atomic E-state index is 2.67. The van der Waals surface area contributed by atoms with E-state index in [1.54, 1.807) is 0 Å². The molecular formula is C32H59. The fourth-order valence-corrected chi connectivity index (χ4v) is 4.21. The van der Waals surface area contributed by atoms with Crippen molar-refractivity contribution in [3.05, 3.63) is 42.9 Å². The zero-order valence-corrected chi connectivity index (χ0v) is 22.5. The van der Waals surface area contributed by atoms with Crippen molar-refractivity contribution in [1.82, 2.24) is 0 Å². The topological polar surface area (TPSA) is 0 Å². The summed E-state index contributed by atoms with van der Waals surface area (Å²) >= 11 is 0. The fraction of sp³-hybridized carbons (Fsp3) is 0.781. The third kappa shape index (κ3) is 25.5. The summed E-state index contributed by atoms with van der Waals surface area (Å²) in [6.07, 6.45) is 45.2. The minimum absolute atomic E-state index is 0.825. The lowest BCUT2D eigenvalue weighted by atomic mass is 9.90. The molecule has 0 aliphatic carbocycles. The van der Waals surface area contributed by atoms with Crippen LogP contribution in [0.5, 0.6) is 0 Å². The molecule has 1 radical (unpaired) electrons. The van der Waals surface area contributed by atoms with Gasteiger partial charge in [0.2, 0.25) is 0 Å². The van der Waals surface area contributed by atoms with E-state index in [4.69, 9.17) is 0 Å².